The van der Waals surface area contributed by atoms with Crippen LogP contribution >= 0.6 is 0 Å². The second kappa shape index (κ2) is 6.31. The molecule has 0 bridgehead atoms. The van der Waals surface area contributed by atoms with Crippen molar-refractivity contribution in [3.63, 3.8) is 0 Å². The summed E-state index contributed by atoms with van der Waals surface area (Å²) in [4.78, 5) is 7.89. The summed E-state index contributed by atoms with van der Waals surface area (Å²) in [7, 11) is -0.735. The molecule has 1 aromatic rings. The summed E-state index contributed by atoms with van der Waals surface area (Å²) < 4.78 is 10.8. The fourth-order valence-electron chi connectivity index (χ4n) is 1.02. The summed E-state index contributed by atoms with van der Waals surface area (Å²) in [6.07, 6.45) is 3.97. The Bertz CT molecular complexity index is 333. The van der Waals surface area contributed by atoms with E-state index in [1.165, 1.54) is 6.33 Å². The van der Waals surface area contributed by atoms with Crippen LogP contribution in [0, 0.1) is 0 Å². The van der Waals surface area contributed by atoms with Crippen molar-refractivity contribution in [3.8, 4) is 0 Å². The van der Waals surface area contributed by atoms with E-state index < -0.39 is 10.8 Å². The molecule has 0 saturated heterocycles. The van der Waals surface area contributed by atoms with Crippen molar-refractivity contribution in [1.82, 2.24) is 9.97 Å². The minimum atomic E-state index is -0.735. The molecule has 1 atom stereocenters. The van der Waals surface area contributed by atoms with Crippen LogP contribution in [0.2, 0.25) is 0 Å². The maximum absolute atomic E-state index is 10.8. The topological polar surface area (TPSA) is 92.9 Å². The van der Waals surface area contributed by atoms with Gasteiger partial charge in [0.15, 0.2) is 0 Å². The third kappa shape index (κ3) is 4.71. The first kappa shape index (κ1) is 11.9. The molecule has 15 heavy (non-hydrogen) atoms. The molecular weight excluding hydrogens is 214 g/mol. The molecule has 0 amide bonds. The van der Waals surface area contributed by atoms with Crippen molar-refractivity contribution in [1.29, 1.82) is 0 Å². The van der Waals surface area contributed by atoms with E-state index in [1.54, 1.807) is 12.3 Å². The quantitative estimate of drug-likeness (QED) is 0.359. The zero-order valence-electron chi connectivity index (χ0n) is 8.56. The molecule has 0 fully saturated rings. The van der Waals surface area contributed by atoms with E-state index in [2.05, 4.69) is 20.7 Å². The summed E-state index contributed by atoms with van der Waals surface area (Å²) in [6.45, 7) is 0.737. The molecule has 4 N–H and O–H groups in total. The molecule has 0 aliphatic carbocycles. The van der Waals surface area contributed by atoms with Crippen LogP contribution in [0.25, 0.3) is 0 Å². The summed E-state index contributed by atoms with van der Waals surface area (Å²) in [5, 5.41) is 3.09. The molecule has 84 valence electrons. The average molecular weight is 229 g/mol. The fraction of sp³-hybridized carbons (Fsp3) is 0.500. The van der Waals surface area contributed by atoms with E-state index in [9.17, 15) is 4.21 Å². The van der Waals surface area contributed by atoms with Gasteiger partial charge in [0.05, 0.1) is 0 Å². The molecule has 0 aliphatic rings. The Morgan fingerprint density at radius 2 is 2.20 bits per heavy atom. The lowest BCUT2D eigenvalue weighted by molar-refractivity contribution is 0.685. The highest BCUT2D eigenvalue weighted by molar-refractivity contribution is 7.84. The van der Waals surface area contributed by atoms with E-state index in [1.807, 2.05) is 0 Å². The molecule has 0 saturated carbocycles. The van der Waals surface area contributed by atoms with Crippen LogP contribution in [0.1, 0.15) is 6.42 Å². The van der Waals surface area contributed by atoms with E-state index in [0.29, 0.717) is 17.4 Å². The van der Waals surface area contributed by atoms with Gasteiger partial charge in [0, 0.05) is 35.4 Å². The highest BCUT2D eigenvalue weighted by atomic mass is 32.2. The molecular formula is C8H15N5OS. The van der Waals surface area contributed by atoms with Gasteiger partial charge in [-0.2, -0.15) is 0 Å². The van der Waals surface area contributed by atoms with Crippen LogP contribution in [0.4, 0.5) is 11.6 Å². The Morgan fingerprint density at radius 1 is 1.47 bits per heavy atom. The molecule has 0 aliphatic heterocycles. The lowest BCUT2D eigenvalue weighted by atomic mass is 10.4. The number of anilines is 2. The predicted molar refractivity (Wildman–Crippen MR) is 61.9 cm³/mol. The van der Waals surface area contributed by atoms with Crippen LogP contribution in [0.5, 0.6) is 0 Å². The molecule has 0 radical (unpaired) electrons. The summed E-state index contributed by atoms with van der Waals surface area (Å²) in [5.41, 5.74) is 2.44. The Morgan fingerprint density at radius 3 is 2.87 bits per heavy atom. The lowest BCUT2D eigenvalue weighted by Gasteiger charge is -2.05. The van der Waals surface area contributed by atoms with E-state index in [0.717, 1.165) is 13.0 Å². The van der Waals surface area contributed by atoms with Crippen LogP contribution in [0.15, 0.2) is 12.4 Å². The van der Waals surface area contributed by atoms with Gasteiger partial charge in [0.25, 0.3) is 0 Å². The Labute approximate surface area is 91.1 Å². The number of nitrogens with zero attached hydrogens (tertiary/aromatic N) is 2. The van der Waals surface area contributed by atoms with Crippen LogP contribution in [0.3, 0.4) is 0 Å². The number of aromatic nitrogens is 2. The minimum Gasteiger partial charge on any atom is -0.370 e. The third-order valence-corrected chi connectivity index (χ3v) is 2.59. The van der Waals surface area contributed by atoms with Gasteiger partial charge < -0.3 is 10.7 Å². The van der Waals surface area contributed by atoms with Crippen molar-refractivity contribution >= 4 is 22.4 Å². The molecule has 1 unspecified atom stereocenters. The third-order valence-electron chi connectivity index (χ3n) is 1.73. The number of hydrazine groups is 1. The molecule has 7 heteroatoms. The second-order valence-corrected chi connectivity index (χ2v) is 4.55. The van der Waals surface area contributed by atoms with Gasteiger partial charge in [-0.05, 0) is 6.42 Å². The molecule has 1 heterocycles. The van der Waals surface area contributed by atoms with Gasteiger partial charge in [0.1, 0.15) is 18.0 Å². The average Bonchev–Trinajstić information content (AvgIpc) is 2.24. The molecule has 0 aromatic carbocycles. The summed E-state index contributed by atoms with van der Waals surface area (Å²) in [5.74, 6) is 7.17. The number of rotatable bonds is 6. The number of hydrogen-bond donors (Lipinski definition) is 3. The first-order valence-electron chi connectivity index (χ1n) is 4.55. The number of hydrogen-bond acceptors (Lipinski definition) is 6. The molecule has 6 nitrogen and oxygen atoms in total. The van der Waals surface area contributed by atoms with Crippen molar-refractivity contribution in [2.75, 3.05) is 29.3 Å². The maximum atomic E-state index is 10.8. The van der Waals surface area contributed by atoms with Crippen LogP contribution in [-0.4, -0.2) is 32.7 Å². The molecule has 1 aromatic heterocycles. The SMILES string of the molecule is CS(=O)CCCNc1cc(NN)ncn1. The monoisotopic (exact) mass is 229 g/mol. The van der Waals surface area contributed by atoms with Crippen molar-refractivity contribution in [3.05, 3.63) is 12.4 Å². The number of nitrogens with two attached hydrogens (primary N) is 1. The minimum absolute atomic E-state index is 0.562. The lowest BCUT2D eigenvalue weighted by Crippen LogP contribution is -2.11. The molecule has 0 spiro atoms. The van der Waals surface area contributed by atoms with Gasteiger partial charge in [-0.1, -0.05) is 0 Å². The highest BCUT2D eigenvalue weighted by Gasteiger charge is 1.96. The standard InChI is InChI=1S/C8H15N5OS/c1-15(14)4-2-3-10-7-5-8(13-9)12-6-11-7/h5-6H,2-4,9H2,1H3,(H2,10,11,12,13). The Hall–Kier alpha value is -1.21. The molecule has 1 rings (SSSR count). The summed E-state index contributed by atoms with van der Waals surface area (Å²) >= 11 is 0. The van der Waals surface area contributed by atoms with E-state index in [-0.39, 0.29) is 0 Å². The first-order valence-corrected chi connectivity index (χ1v) is 6.27. The first-order chi connectivity index (χ1) is 7.22. The largest absolute Gasteiger partial charge is 0.370 e. The number of nitrogens with one attached hydrogen (secondary N) is 2. The van der Waals surface area contributed by atoms with Gasteiger partial charge in [-0.15, -0.1) is 0 Å². The van der Waals surface area contributed by atoms with Gasteiger partial charge in [-0.3, -0.25) is 4.21 Å². The Balaban J connectivity index is 2.33. The second-order valence-electron chi connectivity index (χ2n) is 2.99. The highest BCUT2D eigenvalue weighted by Crippen LogP contribution is 2.06. The Kier molecular flexibility index (Phi) is 4.99. The normalized spacial score (nSPS) is 12.1. The maximum Gasteiger partial charge on any atom is 0.145 e. The summed E-state index contributed by atoms with van der Waals surface area (Å²) in [6, 6.07) is 1.71. The van der Waals surface area contributed by atoms with Gasteiger partial charge >= 0.3 is 0 Å². The van der Waals surface area contributed by atoms with Crippen molar-refractivity contribution < 1.29 is 4.21 Å². The number of nitrogen functional groups attached to an aromatic ring is 1. The smallest absolute Gasteiger partial charge is 0.145 e. The van der Waals surface area contributed by atoms with Crippen LogP contribution < -0.4 is 16.6 Å². The predicted octanol–water partition coefficient (Wildman–Crippen LogP) is -0.0573. The van der Waals surface area contributed by atoms with Crippen molar-refractivity contribution in [2.45, 2.75) is 6.42 Å². The van der Waals surface area contributed by atoms with E-state index in [4.69, 9.17) is 5.84 Å². The van der Waals surface area contributed by atoms with Gasteiger partial charge in [-0.25, -0.2) is 15.8 Å². The van der Waals surface area contributed by atoms with E-state index >= 15 is 0 Å². The zero-order chi connectivity index (χ0) is 11.1. The van der Waals surface area contributed by atoms with Crippen LogP contribution in [-0.2, 0) is 10.8 Å². The fourth-order valence-corrected chi connectivity index (χ4v) is 1.58. The van der Waals surface area contributed by atoms with Gasteiger partial charge in [0.2, 0.25) is 0 Å². The van der Waals surface area contributed by atoms with Crippen molar-refractivity contribution in [2.24, 2.45) is 5.84 Å². The zero-order valence-corrected chi connectivity index (χ0v) is 9.38.